The maximum absolute atomic E-state index is 12.5. The first-order valence-electron chi connectivity index (χ1n) is 10.6. The van der Waals surface area contributed by atoms with Crippen LogP contribution in [-0.2, 0) is 17.8 Å². The lowest BCUT2D eigenvalue weighted by Gasteiger charge is -2.14. The number of aromatic nitrogens is 4. The van der Waals surface area contributed by atoms with Crippen molar-refractivity contribution in [3.05, 3.63) is 84.1 Å². The average Bonchev–Trinajstić information content (AvgIpc) is 3.16. The summed E-state index contributed by atoms with van der Waals surface area (Å²) >= 11 is 0. The minimum atomic E-state index is -4.74. The molecule has 3 aromatic heterocycles. The first-order valence-corrected chi connectivity index (χ1v) is 10.6. The Hall–Kier alpha value is -3.95. The Morgan fingerprint density at radius 1 is 1.06 bits per heavy atom. The molecule has 1 aromatic carbocycles. The highest BCUT2D eigenvalue weighted by molar-refractivity contribution is 5.77. The van der Waals surface area contributed by atoms with E-state index in [0.29, 0.717) is 30.0 Å². The molecule has 1 unspecified atom stereocenters. The number of imidazole rings is 1. The van der Waals surface area contributed by atoms with Crippen molar-refractivity contribution in [2.24, 2.45) is 0 Å². The molecule has 0 aliphatic carbocycles. The second kappa shape index (κ2) is 9.90. The van der Waals surface area contributed by atoms with Crippen molar-refractivity contribution < 1.29 is 22.7 Å². The molecule has 1 N–H and O–H groups in total. The third-order valence-corrected chi connectivity index (χ3v) is 5.17. The molecule has 7 nitrogen and oxygen atoms in total. The largest absolute Gasteiger partial charge is 0.573 e. The van der Waals surface area contributed by atoms with E-state index in [1.807, 2.05) is 35.8 Å². The number of halogens is 3. The fourth-order valence-electron chi connectivity index (χ4n) is 3.59. The van der Waals surface area contributed by atoms with Gasteiger partial charge in [-0.3, -0.25) is 9.78 Å². The lowest BCUT2D eigenvalue weighted by Crippen LogP contribution is -2.27. The van der Waals surface area contributed by atoms with Crippen molar-refractivity contribution in [2.75, 3.05) is 0 Å². The number of amides is 1. The van der Waals surface area contributed by atoms with Gasteiger partial charge in [-0.1, -0.05) is 18.2 Å². The zero-order valence-electron chi connectivity index (χ0n) is 18.3. The molecule has 0 aliphatic rings. The van der Waals surface area contributed by atoms with Crippen LogP contribution in [0.3, 0.4) is 0 Å². The van der Waals surface area contributed by atoms with E-state index < -0.39 is 6.36 Å². The lowest BCUT2D eigenvalue weighted by molar-refractivity contribution is -0.274. The number of carbonyl (C=O) groups is 1. The maximum Gasteiger partial charge on any atom is 0.573 e. The van der Waals surface area contributed by atoms with Crippen molar-refractivity contribution in [2.45, 2.75) is 38.7 Å². The number of hydrogen-bond donors (Lipinski definition) is 1. The normalized spacial score (nSPS) is 12.5. The Morgan fingerprint density at radius 3 is 2.53 bits per heavy atom. The molecule has 0 aliphatic heterocycles. The van der Waals surface area contributed by atoms with Gasteiger partial charge in [0.15, 0.2) is 5.65 Å². The second-order valence-electron chi connectivity index (χ2n) is 7.70. The molecule has 176 valence electrons. The van der Waals surface area contributed by atoms with Gasteiger partial charge >= 0.3 is 6.36 Å². The molecule has 4 aromatic rings. The number of ether oxygens (including phenoxy) is 1. The molecule has 0 bridgehead atoms. The van der Waals surface area contributed by atoms with E-state index in [1.165, 1.54) is 12.1 Å². The Balaban J connectivity index is 1.47. The van der Waals surface area contributed by atoms with E-state index in [2.05, 4.69) is 25.0 Å². The van der Waals surface area contributed by atoms with Crippen LogP contribution in [-0.4, -0.2) is 31.8 Å². The number of nitrogens with zero attached hydrogens (tertiary/aromatic N) is 4. The Bertz CT molecular complexity index is 1260. The van der Waals surface area contributed by atoms with Crippen LogP contribution in [0.1, 0.15) is 36.5 Å². The third kappa shape index (κ3) is 5.89. The standard InChI is InChI=1S/C24H22F3N5O2/c1-16(19-5-2-3-13-28-19)30-22(33)12-11-21-31-20-6-4-14-29-23(20)32(21)15-17-7-9-18(10-8-17)34-24(25,26)27/h2-10,13-14,16H,11-12,15H2,1H3,(H,30,33). The molecule has 0 fully saturated rings. The van der Waals surface area contributed by atoms with Gasteiger partial charge in [-0.25, -0.2) is 9.97 Å². The van der Waals surface area contributed by atoms with Gasteiger partial charge in [0, 0.05) is 25.2 Å². The van der Waals surface area contributed by atoms with Crippen molar-refractivity contribution in [3.8, 4) is 5.75 Å². The quantitative estimate of drug-likeness (QED) is 0.408. The van der Waals surface area contributed by atoms with Gasteiger partial charge in [-0.05, 0) is 48.9 Å². The van der Waals surface area contributed by atoms with Crippen LogP contribution in [0, 0.1) is 0 Å². The third-order valence-electron chi connectivity index (χ3n) is 5.17. The van der Waals surface area contributed by atoms with E-state index in [4.69, 9.17) is 0 Å². The molecule has 4 rings (SSSR count). The Kier molecular flexibility index (Phi) is 6.76. The van der Waals surface area contributed by atoms with Gasteiger partial charge in [-0.15, -0.1) is 13.2 Å². The SMILES string of the molecule is CC(NC(=O)CCc1nc2cccnc2n1Cc1ccc(OC(F)(F)F)cc1)c1ccccn1. The van der Waals surface area contributed by atoms with E-state index >= 15 is 0 Å². The van der Waals surface area contributed by atoms with Crippen LogP contribution in [0.5, 0.6) is 5.75 Å². The number of benzene rings is 1. The molecule has 0 saturated heterocycles. The van der Waals surface area contributed by atoms with Crippen molar-refractivity contribution in [1.82, 2.24) is 24.8 Å². The highest BCUT2D eigenvalue weighted by Crippen LogP contribution is 2.24. The van der Waals surface area contributed by atoms with Crippen LogP contribution in [0.4, 0.5) is 13.2 Å². The fourth-order valence-corrected chi connectivity index (χ4v) is 3.59. The number of fused-ring (bicyclic) bond motifs is 1. The molecule has 0 saturated carbocycles. The molecule has 0 radical (unpaired) electrons. The summed E-state index contributed by atoms with van der Waals surface area (Å²) in [6.45, 7) is 2.20. The smallest absolute Gasteiger partial charge is 0.406 e. The van der Waals surface area contributed by atoms with E-state index in [9.17, 15) is 18.0 Å². The number of nitrogens with one attached hydrogen (secondary N) is 1. The predicted molar refractivity (Wildman–Crippen MR) is 119 cm³/mol. The predicted octanol–water partition coefficient (Wildman–Crippen LogP) is 4.58. The maximum atomic E-state index is 12.5. The number of pyridine rings is 2. The molecular formula is C24H22F3N5O2. The van der Waals surface area contributed by atoms with E-state index in [0.717, 1.165) is 11.3 Å². The summed E-state index contributed by atoms with van der Waals surface area (Å²) in [4.78, 5) is 25.8. The minimum absolute atomic E-state index is 0.140. The zero-order valence-corrected chi connectivity index (χ0v) is 18.3. The lowest BCUT2D eigenvalue weighted by atomic mass is 10.2. The highest BCUT2D eigenvalue weighted by Gasteiger charge is 2.31. The molecule has 34 heavy (non-hydrogen) atoms. The summed E-state index contributed by atoms with van der Waals surface area (Å²) in [5, 5.41) is 2.93. The molecule has 1 atom stereocenters. The van der Waals surface area contributed by atoms with Gasteiger partial charge in [0.25, 0.3) is 0 Å². The van der Waals surface area contributed by atoms with Gasteiger partial charge < -0.3 is 14.6 Å². The van der Waals surface area contributed by atoms with Crippen LogP contribution in [0.25, 0.3) is 11.2 Å². The molecule has 3 heterocycles. The van der Waals surface area contributed by atoms with Gasteiger partial charge in [0.1, 0.15) is 17.1 Å². The van der Waals surface area contributed by atoms with Gasteiger partial charge in [0.05, 0.1) is 18.3 Å². The zero-order chi connectivity index (χ0) is 24.1. The topological polar surface area (TPSA) is 81.9 Å². The number of aryl methyl sites for hydroxylation is 1. The number of carbonyl (C=O) groups excluding carboxylic acids is 1. The van der Waals surface area contributed by atoms with Crippen molar-refractivity contribution >= 4 is 17.1 Å². The van der Waals surface area contributed by atoms with Crippen molar-refractivity contribution in [1.29, 1.82) is 0 Å². The molecule has 0 spiro atoms. The summed E-state index contributed by atoms with van der Waals surface area (Å²) in [7, 11) is 0. The van der Waals surface area contributed by atoms with Crippen LogP contribution in [0.15, 0.2) is 67.0 Å². The van der Waals surface area contributed by atoms with Crippen LogP contribution in [0.2, 0.25) is 0 Å². The number of alkyl halides is 3. The first-order chi connectivity index (χ1) is 16.3. The Labute approximate surface area is 193 Å². The molecule has 10 heteroatoms. The minimum Gasteiger partial charge on any atom is -0.406 e. The van der Waals surface area contributed by atoms with Crippen LogP contribution < -0.4 is 10.1 Å². The van der Waals surface area contributed by atoms with E-state index in [1.54, 1.807) is 30.6 Å². The van der Waals surface area contributed by atoms with Gasteiger partial charge in [0.2, 0.25) is 5.91 Å². The Morgan fingerprint density at radius 2 is 1.82 bits per heavy atom. The van der Waals surface area contributed by atoms with Gasteiger partial charge in [-0.2, -0.15) is 0 Å². The van der Waals surface area contributed by atoms with Crippen molar-refractivity contribution in [3.63, 3.8) is 0 Å². The number of rotatable bonds is 8. The summed E-state index contributed by atoms with van der Waals surface area (Å²) < 4.78 is 43.1. The van der Waals surface area contributed by atoms with E-state index in [-0.39, 0.29) is 24.1 Å². The summed E-state index contributed by atoms with van der Waals surface area (Å²) in [5.41, 5.74) is 2.83. The fraction of sp³-hybridized carbons (Fsp3) is 0.250. The average molecular weight is 469 g/mol. The summed E-state index contributed by atoms with van der Waals surface area (Å²) in [6.07, 6.45) is -0.847. The highest BCUT2D eigenvalue weighted by atomic mass is 19.4. The summed E-state index contributed by atoms with van der Waals surface area (Å²) in [6, 6.07) is 14.5. The second-order valence-corrected chi connectivity index (χ2v) is 7.70. The van der Waals surface area contributed by atoms with Crippen LogP contribution >= 0.6 is 0 Å². The number of hydrogen-bond acceptors (Lipinski definition) is 5. The molecule has 1 amide bonds. The monoisotopic (exact) mass is 469 g/mol. The first kappa shape index (κ1) is 23.2. The summed E-state index contributed by atoms with van der Waals surface area (Å²) in [5.74, 6) is 0.229. The molecular weight excluding hydrogens is 447 g/mol.